The van der Waals surface area contributed by atoms with Crippen LogP contribution in [0.3, 0.4) is 0 Å². The molecule has 5 heteroatoms. The van der Waals surface area contributed by atoms with Gasteiger partial charge in [0.2, 0.25) is 5.91 Å². The first-order valence-corrected chi connectivity index (χ1v) is 4.83. The Kier molecular flexibility index (Phi) is 4.08. The highest BCUT2D eigenvalue weighted by molar-refractivity contribution is 6.31. The maximum absolute atomic E-state index is 11.2. The smallest absolute Gasteiger partial charge is 0.248 e. The molecule has 0 radical (unpaired) electrons. The van der Waals surface area contributed by atoms with Crippen LogP contribution in [0, 0.1) is 6.92 Å². The standard InChI is InChI=1S/C11H10ClNO3/c1-7-2-3-8(6-9(7)12)13-10(14)4-5-11(15)16/h2-6H,1H3,(H,13,14)(H,15,16)/p-1/b5-4+. The van der Waals surface area contributed by atoms with Gasteiger partial charge in [-0.15, -0.1) is 0 Å². The van der Waals surface area contributed by atoms with Crippen molar-refractivity contribution >= 4 is 29.2 Å². The Bertz CT molecular complexity index is 455. The largest absolute Gasteiger partial charge is 0.545 e. The fourth-order valence-electron chi connectivity index (χ4n) is 0.998. The summed E-state index contributed by atoms with van der Waals surface area (Å²) in [5, 5.41) is 13.0. The third-order valence-corrected chi connectivity index (χ3v) is 2.22. The number of aryl methyl sites for hydroxylation is 1. The monoisotopic (exact) mass is 238 g/mol. The van der Waals surface area contributed by atoms with Crippen molar-refractivity contribution in [2.45, 2.75) is 6.92 Å². The van der Waals surface area contributed by atoms with Crippen molar-refractivity contribution in [1.82, 2.24) is 0 Å². The number of benzene rings is 1. The van der Waals surface area contributed by atoms with Crippen LogP contribution in [0.4, 0.5) is 5.69 Å². The Balaban J connectivity index is 2.70. The molecule has 1 aromatic carbocycles. The molecule has 1 N–H and O–H groups in total. The Labute approximate surface area is 97.5 Å². The molecule has 0 aliphatic carbocycles. The third-order valence-electron chi connectivity index (χ3n) is 1.81. The van der Waals surface area contributed by atoms with Gasteiger partial charge in [-0.2, -0.15) is 0 Å². The number of hydrogen-bond acceptors (Lipinski definition) is 3. The van der Waals surface area contributed by atoms with Crippen LogP contribution >= 0.6 is 11.6 Å². The molecular formula is C11H9ClNO3-. The second-order valence-corrected chi connectivity index (χ2v) is 3.51. The van der Waals surface area contributed by atoms with Crippen LogP contribution < -0.4 is 10.4 Å². The van der Waals surface area contributed by atoms with Crippen molar-refractivity contribution in [2.75, 3.05) is 5.32 Å². The van der Waals surface area contributed by atoms with Gasteiger partial charge in [0.1, 0.15) is 0 Å². The summed E-state index contributed by atoms with van der Waals surface area (Å²) in [5.41, 5.74) is 1.40. The predicted octanol–water partition coefficient (Wildman–Crippen LogP) is 0.893. The number of carboxylic acids is 1. The zero-order valence-electron chi connectivity index (χ0n) is 8.49. The highest BCUT2D eigenvalue weighted by Crippen LogP contribution is 2.19. The summed E-state index contributed by atoms with van der Waals surface area (Å²) >= 11 is 5.85. The summed E-state index contributed by atoms with van der Waals surface area (Å²) in [7, 11) is 0. The van der Waals surface area contributed by atoms with E-state index in [1.165, 1.54) is 0 Å². The van der Waals surface area contributed by atoms with Crippen LogP contribution in [0.25, 0.3) is 0 Å². The molecule has 0 bridgehead atoms. The molecule has 0 saturated heterocycles. The number of rotatable bonds is 3. The number of carbonyl (C=O) groups excluding carboxylic acids is 2. The number of hydrogen-bond donors (Lipinski definition) is 1. The quantitative estimate of drug-likeness (QED) is 0.796. The fourth-order valence-corrected chi connectivity index (χ4v) is 1.18. The van der Waals surface area contributed by atoms with Crippen molar-refractivity contribution in [3.05, 3.63) is 40.9 Å². The van der Waals surface area contributed by atoms with Crippen LogP contribution in [-0.4, -0.2) is 11.9 Å². The van der Waals surface area contributed by atoms with Gasteiger partial charge in [-0.25, -0.2) is 0 Å². The number of aliphatic carboxylic acids is 1. The number of amides is 1. The highest BCUT2D eigenvalue weighted by atomic mass is 35.5. The van der Waals surface area contributed by atoms with Gasteiger partial charge in [0.15, 0.2) is 0 Å². The molecule has 0 heterocycles. The zero-order chi connectivity index (χ0) is 12.1. The lowest BCUT2D eigenvalue weighted by Crippen LogP contribution is -2.20. The maximum Gasteiger partial charge on any atom is 0.248 e. The molecule has 4 nitrogen and oxygen atoms in total. The van der Waals surface area contributed by atoms with Gasteiger partial charge in [-0.3, -0.25) is 4.79 Å². The van der Waals surface area contributed by atoms with Crippen LogP contribution in [0.2, 0.25) is 5.02 Å². The van der Waals surface area contributed by atoms with E-state index < -0.39 is 11.9 Å². The summed E-state index contributed by atoms with van der Waals surface area (Å²) < 4.78 is 0. The molecule has 0 aliphatic heterocycles. The molecule has 0 atom stereocenters. The molecule has 1 aromatic rings. The van der Waals surface area contributed by atoms with Crippen LogP contribution in [0.5, 0.6) is 0 Å². The second kappa shape index (κ2) is 5.32. The minimum absolute atomic E-state index is 0.503. The maximum atomic E-state index is 11.2. The van der Waals surface area contributed by atoms with Gasteiger partial charge in [0.25, 0.3) is 0 Å². The van der Waals surface area contributed by atoms with E-state index in [1.54, 1.807) is 18.2 Å². The molecule has 0 fully saturated rings. The Morgan fingerprint density at radius 1 is 1.38 bits per heavy atom. The van der Waals surface area contributed by atoms with E-state index in [-0.39, 0.29) is 0 Å². The summed E-state index contributed by atoms with van der Waals surface area (Å²) in [6, 6.07) is 5.01. The minimum atomic E-state index is -1.42. The predicted molar refractivity (Wildman–Crippen MR) is 59.0 cm³/mol. The van der Waals surface area contributed by atoms with Gasteiger partial charge in [-0.1, -0.05) is 17.7 Å². The van der Waals surface area contributed by atoms with E-state index >= 15 is 0 Å². The lowest BCUT2D eigenvalue weighted by Gasteiger charge is -2.04. The molecule has 84 valence electrons. The van der Waals surface area contributed by atoms with Gasteiger partial charge in [0.05, 0.1) is 5.97 Å². The van der Waals surface area contributed by atoms with Gasteiger partial charge >= 0.3 is 0 Å². The SMILES string of the molecule is Cc1ccc(NC(=O)/C=C/C(=O)[O-])cc1Cl. The summed E-state index contributed by atoms with van der Waals surface area (Å²) in [4.78, 5) is 21.2. The molecule has 1 rings (SSSR count). The van der Waals surface area contributed by atoms with Crippen molar-refractivity contribution < 1.29 is 14.7 Å². The number of halogens is 1. The molecule has 0 spiro atoms. The first-order chi connectivity index (χ1) is 7.49. The zero-order valence-corrected chi connectivity index (χ0v) is 9.25. The molecule has 1 amide bonds. The number of nitrogens with one attached hydrogen (secondary N) is 1. The highest BCUT2D eigenvalue weighted by Gasteiger charge is 2.00. The first-order valence-electron chi connectivity index (χ1n) is 4.45. The molecule has 16 heavy (non-hydrogen) atoms. The fraction of sp³-hybridized carbons (Fsp3) is 0.0909. The van der Waals surface area contributed by atoms with E-state index in [2.05, 4.69) is 5.32 Å². The Morgan fingerprint density at radius 2 is 2.06 bits per heavy atom. The van der Waals surface area contributed by atoms with Crippen molar-refractivity contribution in [2.24, 2.45) is 0 Å². The average Bonchev–Trinajstić information content (AvgIpc) is 2.21. The first kappa shape index (κ1) is 12.3. The van der Waals surface area contributed by atoms with Crippen LogP contribution in [0.15, 0.2) is 30.4 Å². The molecule has 0 aromatic heterocycles. The lowest BCUT2D eigenvalue weighted by molar-refractivity contribution is -0.297. The third kappa shape index (κ3) is 3.74. The Hall–Kier alpha value is -1.81. The summed E-state index contributed by atoms with van der Waals surface area (Å²) in [5.74, 6) is -1.97. The van der Waals surface area contributed by atoms with Gasteiger partial charge in [0, 0.05) is 16.8 Å². The van der Waals surface area contributed by atoms with Crippen LogP contribution in [-0.2, 0) is 9.59 Å². The van der Waals surface area contributed by atoms with E-state index in [0.29, 0.717) is 16.8 Å². The number of anilines is 1. The average molecular weight is 239 g/mol. The molecule has 0 aliphatic rings. The van der Waals surface area contributed by atoms with Gasteiger partial charge in [-0.05, 0) is 30.7 Å². The van der Waals surface area contributed by atoms with Crippen molar-refractivity contribution in [3.63, 3.8) is 0 Å². The minimum Gasteiger partial charge on any atom is -0.545 e. The lowest BCUT2D eigenvalue weighted by atomic mass is 10.2. The van der Waals surface area contributed by atoms with Gasteiger partial charge < -0.3 is 15.2 Å². The van der Waals surface area contributed by atoms with E-state index in [0.717, 1.165) is 11.6 Å². The number of carbonyl (C=O) groups is 2. The molecular weight excluding hydrogens is 230 g/mol. The van der Waals surface area contributed by atoms with Crippen molar-refractivity contribution in [3.8, 4) is 0 Å². The molecule has 0 unspecified atom stereocenters. The summed E-state index contributed by atoms with van der Waals surface area (Å²) in [6.45, 7) is 1.84. The Morgan fingerprint density at radius 3 is 2.62 bits per heavy atom. The second-order valence-electron chi connectivity index (χ2n) is 3.11. The normalized spacial score (nSPS) is 10.4. The van der Waals surface area contributed by atoms with Crippen molar-refractivity contribution in [1.29, 1.82) is 0 Å². The molecule has 0 saturated carbocycles. The number of carboxylic acid groups (broad SMARTS) is 1. The van der Waals surface area contributed by atoms with Crippen LogP contribution in [0.1, 0.15) is 5.56 Å². The van der Waals surface area contributed by atoms with E-state index in [1.807, 2.05) is 6.92 Å². The van der Waals surface area contributed by atoms with E-state index in [9.17, 15) is 14.7 Å². The topological polar surface area (TPSA) is 69.2 Å². The summed E-state index contributed by atoms with van der Waals surface area (Å²) in [6.07, 6.45) is 1.54. The van der Waals surface area contributed by atoms with E-state index in [4.69, 9.17) is 11.6 Å².